The molecule has 4 nitrogen and oxygen atoms in total. The number of amides is 1. The van der Waals surface area contributed by atoms with E-state index in [4.69, 9.17) is 23.1 Å². The van der Waals surface area contributed by atoms with Gasteiger partial charge in [0.15, 0.2) is 0 Å². The van der Waals surface area contributed by atoms with Gasteiger partial charge in [0.1, 0.15) is 0 Å². The molecule has 1 saturated carbocycles. The first-order valence-electron chi connectivity index (χ1n) is 6.17. The summed E-state index contributed by atoms with van der Waals surface area (Å²) < 4.78 is 0. The molecule has 18 heavy (non-hydrogen) atoms. The molecule has 0 aromatic heterocycles. The lowest BCUT2D eigenvalue weighted by molar-refractivity contribution is 0.100. The molecule has 1 aromatic carbocycles. The molecule has 0 aliphatic heterocycles. The van der Waals surface area contributed by atoms with Crippen LogP contribution in [0.5, 0.6) is 0 Å². The Kier molecular flexibility index (Phi) is 4.09. The van der Waals surface area contributed by atoms with Crippen LogP contribution in [0.25, 0.3) is 0 Å². The summed E-state index contributed by atoms with van der Waals surface area (Å²) in [4.78, 5) is 11.2. The maximum Gasteiger partial charge on any atom is 0.250 e. The first-order valence-corrected chi connectivity index (χ1v) is 6.55. The van der Waals surface area contributed by atoms with Gasteiger partial charge in [-0.15, -0.1) is 0 Å². The summed E-state index contributed by atoms with van der Waals surface area (Å²) in [6, 6.07) is 5.63. The van der Waals surface area contributed by atoms with Gasteiger partial charge in [-0.1, -0.05) is 18.0 Å². The van der Waals surface area contributed by atoms with Gasteiger partial charge in [0.2, 0.25) is 5.91 Å². The van der Waals surface area contributed by atoms with Gasteiger partial charge in [0.25, 0.3) is 0 Å². The summed E-state index contributed by atoms with van der Waals surface area (Å²) in [5, 5.41) is 3.80. The van der Waals surface area contributed by atoms with Crippen molar-refractivity contribution in [3.63, 3.8) is 0 Å². The van der Waals surface area contributed by atoms with E-state index < -0.39 is 5.91 Å². The Hall–Kier alpha value is -1.26. The Morgan fingerprint density at radius 3 is 2.89 bits per heavy atom. The number of hydrogen-bond donors (Lipinski definition) is 3. The van der Waals surface area contributed by atoms with Crippen molar-refractivity contribution in [3.8, 4) is 0 Å². The van der Waals surface area contributed by atoms with E-state index in [1.807, 2.05) is 6.07 Å². The minimum absolute atomic E-state index is 0.351. The molecule has 1 aliphatic rings. The van der Waals surface area contributed by atoms with Gasteiger partial charge < -0.3 is 16.8 Å². The van der Waals surface area contributed by atoms with E-state index in [0.29, 0.717) is 29.1 Å². The van der Waals surface area contributed by atoms with Gasteiger partial charge in [-0.3, -0.25) is 4.79 Å². The van der Waals surface area contributed by atoms with Gasteiger partial charge in [0, 0.05) is 11.7 Å². The van der Waals surface area contributed by atoms with Gasteiger partial charge in [-0.25, -0.2) is 0 Å². The molecular weight excluding hydrogens is 250 g/mol. The molecule has 0 radical (unpaired) electrons. The van der Waals surface area contributed by atoms with E-state index in [1.54, 1.807) is 12.1 Å². The molecule has 0 bridgehead atoms. The van der Waals surface area contributed by atoms with Gasteiger partial charge in [0.05, 0.1) is 10.6 Å². The fraction of sp³-hybridized carbons (Fsp3) is 0.462. The second-order valence-electron chi connectivity index (χ2n) is 4.74. The van der Waals surface area contributed by atoms with Gasteiger partial charge in [-0.2, -0.15) is 0 Å². The molecule has 1 aromatic rings. The normalized spacial score (nSPS) is 23.0. The summed E-state index contributed by atoms with van der Waals surface area (Å²) in [6.45, 7) is 0.688. The predicted octanol–water partition coefficient (Wildman–Crippen LogP) is 1.98. The average Bonchev–Trinajstić information content (AvgIpc) is 2.78. The number of rotatable bonds is 4. The molecule has 5 N–H and O–H groups in total. The minimum atomic E-state index is -0.509. The highest BCUT2D eigenvalue weighted by atomic mass is 35.5. The number of carbonyl (C=O) groups excluding carboxylic acids is 1. The zero-order chi connectivity index (χ0) is 13.1. The van der Waals surface area contributed by atoms with Crippen LogP contribution >= 0.6 is 11.6 Å². The SMILES string of the molecule is NCC1CCCC1Nc1ccc(Cl)c(C(N)=O)c1. The van der Waals surface area contributed by atoms with Crippen LogP contribution < -0.4 is 16.8 Å². The zero-order valence-corrected chi connectivity index (χ0v) is 10.9. The van der Waals surface area contributed by atoms with Crippen LogP contribution in [0.1, 0.15) is 29.6 Å². The Bertz CT molecular complexity index is 450. The van der Waals surface area contributed by atoms with Crippen molar-refractivity contribution in [1.29, 1.82) is 0 Å². The Morgan fingerprint density at radius 1 is 1.44 bits per heavy atom. The number of nitrogens with two attached hydrogens (primary N) is 2. The molecular formula is C13H18ClN3O. The molecule has 2 atom stereocenters. The number of hydrogen-bond acceptors (Lipinski definition) is 3. The van der Waals surface area contributed by atoms with E-state index in [1.165, 1.54) is 6.42 Å². The van der Waals surface area contributed by atoms with Crippen LogP contribution in [0.15, 0.2) is 18.2 Å². The van der Waals surface area contributed by atoms with Gasteiger partial charge >= 0.3 is 0 Å². The van der Waals surface area contributed by atoms with Crippen LogP contribution in [0.3, 0.4) is 0 Å². The number of halogens is 1. The molecule has 1 amide bonds. The number of benzene rings is 1. The maximum absolute atomic E-state index is 11.2. The van der Waals surface area contributed by atoms with Crippen molar-refractivity contribution in [3.05, 3.63) is 28.8 Å². The molecule has 2 rings (SSSR count). The second-order valence-corrected chi connectivity index (χ2v) is 5.14. The van der Waals surface area contributed by atoms with E-state index in [-0.39, 0.29) is 0 Å². The van der Waals surface area contributed by atoms with Crippen LogP contribution in [0.2, 0.25) is 5.02 Å². The van der Waals surface area contributed by atoms with Crippen LogP contribution in [0.4, 0.5) is 5.69 Å². The van der Waals surface area contributed by atoms with Gasteiger partial charge in [-0.05, 0) is 43.5 Å². The predicted molar refractivity (Wildman–Crippen MR) is 73.8 cm³/mol. The Labute approximate surface area is 112 Å². The highest BCUT2D eigenvalue weighted by molar-refractivity contribution is 6.33. The summed E-state index contributed by atoms with van der Waals surface area (Å²) >= 11 is 5.92. The maximum atomic E-state index is 11.2. The number of anilines is 1. The molecule has 0 spiro atoms. The largest absolute Gasteiger partial charge is 0.382 e. The minimum Gasteiger partial charge on any atom is -0.382 e. The fourth-order valence-corrected chi connectivity index (χ4v) is 2.74. The third-order valence-corrected chi connectivity index (χ3v) is 3.88. The summed E-state index contributed by atoms with van der Waals surface area (Å²) in [5.41, 5.74) is 12.2. The fourth-order valence-electron chi connectivity index (χ4n) is 2.53. The molecule has 0 saturated heterocycles. The van der Waals surface area contributed by atoms with Crippen LogP contribution in [-0.2, 0) is 0 Å². The first-order chi connectivity index (χ1) is 8.61. The van der Waals surface area contributed by atoms with Crippen molar-refractivity contribution in [1.82, 2.24) is 0 Å². The quantitative estimate of drug-likeness (QED) is 0.780. The summed E-state index contributed by atoms with van der Waals surface area (Å²) in [6.07, 6.45) is 3.45. The summed E-state index contributed by atoms with van der Waals surface area (Å²) in [5.74, 6) is -0.0110. The van der Waals surface area contributed by atoms with Crippen molar-refractivity contribution >= 4 is 23.2 Å². The van der Waals surface area contributed by atoms with Crippen molar-refractivity contribution in [2.24, 2.45) is 17.4 Å². The first kappa shape index (κ1) is 13.2. The van der Waals surface area contributed by atoms with Crippen molar-refractivity contribution in [2.75, 3.05) is 11.9 Å². The molecule has 1 aliphatic carbocycles. The lowest BCUT2D eigenvalue weighted by Crippen LogP contribution is -2.29. The number of primary amides is 1. The topological polar surface area (TPSA) is 81.1 Å². The van der Waals surface area contributed by atoms with E-state index in [0.717, 1.165) is 18.5 Å². The van der Waals surface area contributed by atoms with E-state index in [2.05, 4.69) is 5.32 Å². The number of nitrogens with one attached hydrogen (secondary N) is 1. The third-order valence-electron chi connectivity index (χ3n) is 3.55. The Balaban J connectivity index is 2.14. The highest BCUT2D eigenvalue weighted by Crippen LogP contribution is 2.29. The Morgan fingerprint density at radius 2 is 2.22 bits per heavy atom. The van der Waals surface area contributed by atoms with Crippen molar-refractivity contribution < 1.29 is 4.79 Å². The third kappa shape index (κ3) is 2.76. The zero-order valence-electron chi connectivity index (χ0n) is 10.2. The molecule has 98 valence electrons. The second kappa shape index (κ2) is 5.59. The molecule has 5 heteroatoms. The summed E-state index contributed by atoms with van der Waals surface area (Å²) in [7, 11) is 0. The molecule has 1 fully saturated rings. The number of carbonyl (C=O) groups is 1. The monoisotopic (exact) mass is 267 g/mol. The standard InChI is InChI=1S/C13H18ClN3O/c14-11-5-4-9(6-10(11)13(16)18)17-12-3-1-2-8(12)7-15/h4-6,8,12,17H,1-3,7,15H2,(H2,16,18). The van der Waals surface area contributed by atoms with E-state index in [9.17, 15) is 4.79 Å². The smallest absolute Gasteiger partial charge is 0.250 e. The molecule has 2 unspecified atom stereocenters. The lowest BCUT2D eigenvalue weighted by atomic mass is 10.0. The molecule has 0 heterocycles. The highest BCUT2D eigenvalue weighted by Gasteiger charge is 2.25. The lowest BCUT2D eigenvalue weighted by Gasteiger charge is -2.21. The van der Waals surface area contributed by atoms with Crippen LogP contribution in [0, 0.1) is 5.92 Å². The van der Waals surface area contributed by atoms with E-state index >= 15 is 0 Å². The van der Waals surface area contributed by atoms with Crippen LogP contribution in [-0.4, -0.2) is 18.5 Å². The average molecular weight is 268 g/mol. The van der Waals surface area contributed by atoms with Crippen molar-refractivity contribution in [2.45, 2.75) is 25.3 Å².